The molecule has 236 valence electrons. The SMILES string of the molecule is CN(C(=O)/C=C/c1cccc(C(F)(F)F)c1)C1CC[C@@]2(O)[C@H]3Cc4ccc(O)c5c4[C@@]2(CCN3CCc2ccccc2)C1(C)O5. The van der Waals surface area contributed by atoms with Crippen LogP contribution in [0.5, 0.6) is 11.5 Å². The highest BCUT2D eigenvalue weighted by Gasteiger charge is 2.78. The zero-order valence-corrected chi connectivity index (χ0v) is 25.3. The summed E-state index contributed by atoms with van der Waals surface area (Å²) in [5.41, 5.74) is -0.446. The van der Waals surface area contributed by atoms with Gasteiger partial charge in [-0.2, -0.15) is 13.2 Å². The topological polar surface area (TPSA) is 73.2 Å². The van der Waals surface area contributed by atoms with Gasteiger partial charge >= 0.3 is 6.18 Å². The van der Waals surface area contributed by atoms with Crippen LogP contribution in [0.15, 0.2) is 72.8 Å². The smallest absolute Gasteiger partial charge is 0.416 e. The lowest BCUT2D eigenvalue weighted by Crippen LogP contribution is -2.82. The average Bonchev–Trinajstić information content (AvgIpc) is 3.30. The Morgan fingerprint density at radius 2 is 1.89 bits per heavy atom. The molecule has 5 atom stereocenters. The van der Waals surface area contributed by atoms with Crippen molar-refractivity contribution in [3.63, 3.8) is 0 Å². The van der Waals surface area contributed by atoms with Crippen LogP contribution in [0, 0.1) is 0 Å². The number of rotatable bonds is 6. The summed E-state index contributed by atoms with van der Waals surface area (Å²) in [6, 6.07) is 18.1. The Morgan fingerprint density at radius 3 is 2.64 bits per heavy atom. The van der Waals surface area contributed by atoms with Gasteiger partial charge in [0.2, 0.25) is 5.91 Å². The number of aliphatic hydroxyl groups is 1. The van der Waals surface area contributed by atoms with Gasteiger partial charge in [-0.3, -0.25) is 9.69 Å². The van der Waals surface area contributed by atoms with E-state index in [0.717, 1.165) is 42.8 Å². The highest BCUT2D eigenvalue weighted by atomic mass is 19.4. The maximum Gasteiger partial charge on any atom is 0.416 e. The largest absolute Gasteiger partial charge is 0.504 e. The first-order valence-electron chi connectivity index (χ1n) is 15.6. The molecule has 45 heavy (non-hydrogen) atoms. The summed E-state index contributed by atoms with van der Waals surface area (Å²) in [5, 5.41) is 23.9. The standard InChI is InChI=1S/C36H37F3N2O4/c1-33-28(40(2)30(43)14-11-24-9-6-10-26(21-24)36(37,38)39)15-17-35(44)29-22-25-12-13-27(42)32(45-33)31(25)34(33,35)18-20-41(29)19-16-23-7-4-3-5-8-23/h3-14,21,28-29,42,44H,15-20,22H2,1-2H3/b14-11+/t28?,29-,33?,34+,35-/m1/s1. The molecule has 2 aliphatic heterocycles. The molecule has 0 radical (unpaired) electrons. The van der Waals surface area contributed by atoms with E-state index >= 15 is 0 Å². The fourth-order valence-electron chi connectivity index (χ4n) is 9.07. The normalized spacial score (nSPS) is 30.2. The van der Waals surface area contributed by atoms with Gasteiger partial charge in [0.15, 0.2) is 11.5 Å². The average molecular weight is 619 g/mol. The second-order valence-electron chi connectivity index (χ2n) is 13.2. The number of carbonyl (C=O) groups excluding carboxylic acids is 1. The van der Waals surface area contributed by atoms with Crippen LogP contribution in [-0.4, -0.2) is 69.3 Å². The first kappa shape index (κ1) is 29.9. The fourth-order valence-corrected chi connectivity index (χ4v) is 9.07. The van der Waals surface area contributed by atoms with E-state index in [2.05, 4.69) is 17.0 Å². The molecule has 1 amide bonds. The highest BCUT2D eigenvalue weighted by molar-refractivity contribution is 5.92. The second kappa shape index (κ2) is 10.4. The Kier molecular flexibility index (Phi) is 6.87. The van der Waals surface area contributed by atoms with Gasteiger partial charge in [0, 0.05) is 31.3 Å². The van der Waals surface area contributed by atoms with Crippen molar-refractivity contribution >= 4 is 12.0 Å². The van der Waals surface area contributed by atoms with E-state index in [1.165, 1.54) is 29.8 Å². The summed E-state index contributed by atoms with van der Waals surface area (Å²) >= 11 is 0. The van der Waals surface area contributed by atoms with Gasteiger partial charge in [0.05, 0.1) is 22.6 Å². The molecule has 2 aliphatic carbocycles. The van der Waals surface area contributed by atoms with Crippen LogP contribution in [0.25, 0.3) is 6.08 Å². The molecular weight excluding hydrogens is 581 g/mol. The number of ether oxygens (including phenoxy) is 1. The minimum atomic E-state index is -4.48. The Labute approximate surface area is 260 Å². The lowest BCUT2D eigenvalue weighted by molar-refractivity contribution is -0.229. The van der Waals surface area contributed by atoms with Crippen LogP contribution in [0.4, 0.5) is 13.2 Å². The molecule has 0 aromatic heterocycles. The molecule has 1 spiro atoms. The van der Waals surface area contributed by atoms with Crippen molar-refractivity contribution in [1.29, 1.82) is 0 Å². The number of benzene rings is 3. The molecule has 2 bridgehead atoms. The van der Waals surface area contributed by atoms with E-state index < -0.39 is 34.4 Å². The predicted octanol–water partition coefficient (Wildman–Crippen LogP) is 5.74. The van der Waals surface area contributed by atoms with Crippen molar-refractivity contribution in [3.8, 4) is 11.5 Å². The van der Waals surface area contributed by atoms with Gasteiger partial charge in [0.25, 0.3) is 0 Å². The van der Waals surface area contributed by atoms with Gasteiger partial charge in [0.1, 0.15) is 5.60 Å². The van der Waals surface area contributed by atoms with E-state index in [0.29, 0.717) is 31.4 Å². The predicted molar refractivity (Wildman–Crippen MR) is 164 cm³/mol. The molecule has 9 heteroatoms. The first-order valence-corrected chi connectivity index (χ1v) is 15.6. The lowest BCUT2D eigenvalue weighted by atomic mass is 9.44. The lowest BCUT2D eigenvalue weighted by Gasteiger charge is -2.67. The van der Waals surface area contributed by atoms with Crippen molar-refractivity contribution in [3.05, 3.63) is 101 Å². The highest BCUT2D eigenvalue weighted by Crippen LogP contribution is 2.69. The second-order valence-corrected chi connectivity index (χ2v) is 13.2. The number of hydrogen-bond donors (Lipinski definition) is 2. The molecule has 2 fully saturated rings. The van der Waals surface area contributed by atoms with E-state index in [1.54, 1.807) is 18.0 Å². The molecule has 2 heterocycles. The Bertz CT molecular complexity index is 1680. The maximum absolute atomic E-state index is 13.6. The summed E-state index contributed by atoms with van der Waals surface area (Å²) in [5.74, 6) is 0.0252. The molecule has 3 aromatic rings. The number of likely N-dealkylation sites (tertiary alicyclic amines) is 1. The summed E-state index contributed by atoms with van der Waals surface area (Å²) in [6.45, 7) is 3.48. The number of nitrogens with zero attached hydrogens (tertiary/aromatic N) is 2. The number of hydrogen-bond acceptors (Lipinski definition) is 5. The van der Waals surface area contributed by atoms with Gasteiger partial charge < -0.3 is 19.8 Å². The number of amides is 1. The van der Waals surface area contributed by atoms with E-state index in [4.69, 9.17) is 4.74 Å². The van der Waals surface area contributed by atoms with Crippen LogP contribution in [0.3, 0.4) is 0 Å². The molecule has 2 N–H and O–H groups in total. The first-order chi connectivity index (χ1) is 21.4. The molecule has 3 aromatic carbocycles. The number of aromatic hydroxyl groups is 1. The Morgan fingerprint density at radius 1 is 1.11 bits per heavy atom. The van der Waals surface area contributed by atoms with Crippen LogP contribution >= 0.6 is 0 Å². The number of carbonyl (C=O) groups is 1. The quantitative estimate of drug-likeness (QED) is 0.345. The van der Waals surface area contributed by atoms with E-state index in [9.17, 15) is 28.2 Å². The summed E-state index contributed by atoms with van der Waals surface area (Å²) < 4.78 is 46.5. The third-order valence-electron chi connectivity index (χ3n) is 11.1. The molecule has 1 saturated heterocycles. The molecule has 7 rings (SSSR count). The van der Waals surface area contributed by atoms with Gasteiger partial charge in [-0.25, -0.2) is 0 Å². The fraction of sp³-hybridized carbons (Fsp3) is 0.417. The maximum atomic E-state index is 13.6. The van der Waals surface area contributed by atoms with Crippen LogP contribution < -0.4 is 4.74 Å². The van der Waals surface area contributed by atoms with Crippen LogP contribution in [0.2, 0.25) is 0 Å². The van der Waals surface area contributed by atoms with Crippen molar-refractivity contribution in [1.82, 2.24) is 9.80 Å². The zero-order chi connectivity index (χ0) is 31.8. The molecule has 4 aliphatic rings. The van der Waals surface area contributed by atoms with E-state index in [-0.39, 0.29) is 23.3 Å². The van der Waals surface area contributed by atoms with Gasteiger partial charge in [-0.05, 0) is 86.5 Å². The number of likely N-dealkylation sites (N-methyl/N-ethyl adjacent to an activating group) is 1. The van der Waals surface area contributed by atoms with Crippen molar-refractivity contribution in [2.75, 3.05) is 20.1 Å². The summed E-state index contributed by atoms with van der Waals surface area (Å²) in [4.78, 5) is 17.6. The number of piperidine rings is 1. The zero-order valence-electron chi connectivity index (χ0n) is 25.3. The van der Waals surface area contributed by atoms with Crippen molar-refractivity contribution in [2.45, 2.75) is 73.9 Å². The molecule has 1 saturated carbocycles. The van der Waals surface area contributed by atoms with Crippen molar-refractivity contribution in [2.24, 2.45) is 0 Å². The third kappa shape index (κ3) is 4.34. The molecule has 6 nitrogen and oxygen atoms in total. The van der Waals surface area contributed by atoms with Crippen LogP contribution in [-0.2, 0) is 29.2 Å². The molecular formula is C36H37F3N2O4. The van der Waals surface area contributed by atoms with Gasteiger partial charge in [-0.1, -0.05) is 48.5 Å². The Balaban J connectivity index is 1.22. The van der Waals surface area contributed by atoms with Crippen molar-refractivity contribution < 1.29 is 32.9 Å². The molecule has 2 unspecified atom stereocenters. The Hall–Kier alpha value is -3.82. The minimum absolute atomic E-state index is 0.0169. The van der Waals surface area contributed by atoms with E-state index in [1.807, 2.05) is 31.2 Å². The summed E-state index contributed by atoms with van der Waals surface area (Å²) in [7, 11) is 1.68. The van der Waals surface area contributed by atoms with Gasteiger partial charge in [-0.15, -0.1) is 0 Å². The number of halogens is 3. The number of phenols is 1. The van der Waals surface area contributed by atoms with Crippen LogP contribution in [0.1, 0.15) is 54.0 Å². The third-order valence-corrected chi connectivity index (χ3v) is 11.1. The monoisotopic (exact) mass is 618 g/mol. The minimum Gasteiger partial charge on any atom is -0.504 e. The number of phenolic OH excluding ortho intramolecular Hbond substituents is 1. The number of alkyl halides is 3. The summed E-state index contributed by atoms with van der Waals surface area (Å²) in [6.07, 6.45) is 1.18.